The van der Waals surface area contributed by atoms with Gasteiger partial charge in [0, 0.05) is 12.2 Å². The Morgan fingerprint density at radius 2 is 1.33 bits per heavy atom. The number of carbonyl (C=O) groups excluding carboxylic acids is 2. The Hall–Kier alpha value is -2.56. The molecule has 0 aliphatic carbocycles. The second-order valence-corrected chi connectivity index (χ2v) is 5.68. The van der Waals surface area contributed by atoms with E-state index in [9.17, 15) is 9.59 Å². The van der Waals surface area contributed by atoms with Gasteiger partial charge in [-0.3, -0.25) is 9.59 Å². The SMILES string of the molecule is BC(CCC(=O)OCc1ccccc1)C(=O)OCc1ccccc1. The summed E-state index contributed by atoms with van der Waals surface area (Å²) in [6.07, 6.45) is 0.621. The zero-order valence-electron chi connectivity index (χ0n) is 13.8. The van der Waals surface area contributed by atoms with Crippen molar-refractivity contribution >= 4 is 19.8 Å². The van der Waals surface area contributed by atoms with E-state index >= 15 is 0 Å². The third kappa shape index (κ3) is 6.28. The lowest BCUT2D eigenvalue weighted by atomic mass is 9.83. The maximum Gasteiger partial charge on any atom is 0.306 e. The van der Waals surface area contributed by atoms with Crippen LogP contribution in [0.3, 0.4) is 0 Å². The highest BCUT2D eigenvalue weighted by Gasteiger charge is 2.16. The fourth-order valence-corrected chi connectivity index (χ4v) is 2.13. The van der Waals surface area contributed by atoms with Crippen LogP contribution in [0.15, 0.2) is 60.7 Å². The average Bonchev–Trinajstić information content (AvgIpc) is 2.64. The Bertz CT molecular complexity index is 643. The number of hydrogen-bond donors (Lipinski definition) is 0. The Kier molecular flexibility index (Phi) is 7.08. The number of ether oxygens (including phenoxy) is 2. The maximum atomic E-state index is 11.9. The van der Waals surface area contributed by atoms with E-state index in [1.165, 1.54) is 0 Å². The second-order valence-electron chi connectivity index (χ2n) is 5.68. The van der Waals surface area contributed by atoms with Gasteiger partial charge in [-0.15, -0.1) is 0 Å². The van der Waals surface area contributed by atoms with Crippen LogP contribution in [-0.4, -0.2) is 19.8 Å². The number of rotatable bonds is 8. The van der Waals surface area contributed by atoms with E-state index in [-0.39, 0.29) is 37.4 Å². The molecule has 0 aliphatic rings. The van der Waals surface area contributed by atoms with Crippen LogP contribution in [0.1, 0.15) is 24.0 Å². The summed E-state index contributed by atoms with van der Waals surface area (Å²) in [4.78, 5) is 23.7. The highest BCUT2D eigenvalue weighted by molar-refractivity contribution is 6.22. The van der Waals surface area contributed by atoms with Crippen LogP contribution >= 0.6 is 0 Å². The van der Waals surface area contributed by atoms with Crippen LogP contribution in [0.2, 0.25) is 5.82 Å². The molecule has 2 aromatic rings. The van der Waals surface area contributed by atoms with Gasteiger partial charge in [-0.05, 0) is 17.5 Å². The molecule has 1 atom stereocenters. The summed E-state index contributed by atoms with van der Waals surface area (Å²) in [7, 11) is 1.76. The van der Waals surface area contributed by atoms with Crippen molar-refractivity contribution in [2.75, 3.05) is 0 Å². The molecule has 0 bridgehead atoms. The van der Waals surface area contributed by atoms with E-state index < -0.39 is 0 Å². The van der Waals surface area contributed by atoms with Gasteiger partial charge in [-0.2, -0.15) is 0 Å². The molecule has 5 heteroatoms. The topological polar surface area (TPSA) is 52.6 Å². The summed E-state index contributed by atoms with van der Waals surface area (Å²) >= 11 is 0. The van der Waals surface area contributed by atoms with Gasteiger partial charge in [0.15, 0.2) is 0 Å². The van der Waals surface area contributed by atoms with Crippen LogP contribution in [-0.2, 0) is 32.3 Å². The molecule has 0 saturated heterocycles. The van der Waals surface area contributed by atoms with E-state index in [2.05, 4.69) is 0 Å². The molecule has 124 valence electrons. The quantitative estimate of drug-likeness (QED) is 0.553. The van der Waals surface area contributed by atoms with Gasteiger partial charge in [-0.1, -0.05) is 60.7 Å². The van der Waals surface area contributed by atoms with E-state index in [0.717, 1.165) is 11.1 Å². The highest BCUT2D eigenvalue weighted by atomic mass is 16.5. The molecule has 0 amide bonds. The van der Waals surface area contributed by atoms with Crippen LogP contribution < -0.4 is 0 Å². The summed E-state index contributed by atoms with van der Waals surface area (Å²) in [5.41, 5.74) is 1.89. The van der Waals surface area contributed by atoms with Crippen molar-refractivity contribution in [2.45, 2.75) is 31.9 Å². The van der Waals surface area contributed by atoms with Crippen molar-refractivity contribution < 1.29 is 19.1 Å². The predicted molar refractivity (Wildman–Crippen MR) is 94.0 cm³/mol. The predicted octanol–water partition coefficient (Wildman–Crippen LogP) is 2.68. The van der Waals surface area contributed by atoms with Gasteiger partial charge >= 0.3 is 11.9 Å². The zero-order chi connectivity index (χ0) is 17.2. The van der Waals surface area contributed by atoms with E-state index in [0.29, 0.717) is 6.42 Å². The van der Waals surface area contributed by atoms with Gasteiger partial charge < -0.3 is 9.47 Å². The summed E-state index contributed by atoms with van der Waals surface area (Å²) in [5, 5.41) is 0. The summed E-state index contributed by atoms with van der Waals surface area (Å²) < 4.78 is 10.5. The van der Waals surface area contributed by atoms with Crippen molar-refractivity contribution in [1.29, 1.82) is 0 Å². The molecule has 0 saturated carbocycles. The minimum absolute atomic E-state index is 0.203. The molecule has 0 spiro atoms. The fourth-order valence-electron chi connectivity index (χ4n) is 2.13. The largest absolute Gasteiger partial charge is 0.461 e. The Labute approximate surface area is 143 Å². The molecule has 0 N–H and O–H groups in total. The van der Waals surface area contributed by atoms with Crippen LogP contribution in [0, 0.1) is 0 Å². The van der Waals surface area contributed by atoms with Gasteiger partial charge in [-0.25, -0.2) is 0 Å². The Morgan fingerprint density at radius 1 is 0.833 bits per heavy atom. The van der Waals surface area contributed by atoms with Gasteiger partial charge in [0.1, 0.15) is 21.1 Å². The smallest absolute Gasteiger partial charge is 0.306 e. The van der Waals surface area contributed by atoms with Gasteiger partial charge in [0.25, 0.3) is 0 Å². The fraction of sp³-hybridized carbons (Fsp3) is 0.263. The summed E-state index contributed by atoms with van der Waals surface area (Å²) in [5.74, 6) is -0.936. The molecule has 2 aromatic carbocycles. The Morgan fingerprint density at radius 3 is 1.88 bits per heavy atom. The first-order valence-electron chi connectivity index (χ1n) is 8.05. The first-order valence-corrected chi connectivity index (χ1v) is 8.05. The third-order valence-corrected chi connectivity index (χ3v) is 3.65. The van der Waals surface area contributed by atoms with Crippen LogP contribution in [0.25, 0.3) is 0 Å². The van der Waals surface area contributed by atoms with Crippen molar-refractivity contribution in [2.24, 2.45) is 0 Å². The summed E-state index contributed by atoms with van der Waals surface area (Å²) in [6, 6.07) is 19.0. The second kappa shape index (κ2) is 9.55. The van der Waals surface area contributed by atoms with E-state index in [1.807, 2.05) is 60.7 Å². The lowest BCUT2D eigenvalue weighted by Crippen LogP contribution is -2.15. The van der Waals surface area contributed by atoms with Gasteiger partial charge in [0.2, 0.25) is 0 Å². The molecule has 0 radical (unpaired) electrons. The number of esters is 2. The van der Waals surface area contributed by atoms with Crippen LogP contribution in [0.4, 0.5) is 0 Å². The van der Waals surface area contributed by atoms with Crippen molar-refractivity contribution in [3.05, 3.63) is 71.8 Å². The molecular weight excluding hydrogens is 303 g/mol. The van der Waals surface area contributed by atoms with E-state index in [1.54, 1.807) is 7.85 Å². The van der Waals surface area contributed by atoms with Crippen molar-refractivity contribution in [3.8, 4) is 0 Å². The molecule has 1 unspecified atom stereocenters. The maximum absolute atomic E-state index is 11.9. The molecule has 0 heterocycles. The average molecular weight is 324 g/mol. The number of hydrogen-bond acceptors (Lipinski definition) is 4. The molecule has 0 aromatic heterocycles. The number of benzene rings is 2. The Balaban J connectivity index is 1.65. The first kappa shape index (κ1) is 17.8. The molecule has 2 rings (SSSR count). The molecule has 0 aliphatic heterocycles. The van der Waals surface area contributed by atoms with Gasteiger partial charge in [0.05, 0.1) is 0 Å². The van der Waals surface area contributed by atoms with Crippen molar-refractivity contribution in [1.82, 2.24) is 0 Å². The highest BCUT2D eigenvalue weighted by Crippen LogP contribution is 2.14. The molecular formula is C19H21BO4. The van der Waals surface area contributed by atoms with Crippen molar-refractivity contribution in [3.63, 3.8) is 0 Å². The standard InChI is InChI=1S/C19H21BO4/c20-17(19(22)24-14-16-9-5-2-6-10-16)11-12-18(21)23-13-15-7-3-1-4-8-15/h1-10,17H,11-14,20H2. The lowest BCUT2D eigenvalue weighted by Gasteiger charge is -2.11. The normalized spacial score (nSPS) is 11.5. The monoisotopic (exact) mass is 324 g/mol. The first-order chi connectivity index (χ1) is 11.6. The summed E-state index contributed by atoms with van der Waals surface area (Å²) in [6.45, 7) is 0.509. The molecule has 24 heavy (non-hydrogen) atoms. The zero-order valence-corrected chi connectivity index (χ0v) is 13.8. The third-order valence-electron chi connectivity index (χ3n) is 3.65. The van der Waals surface area contributed by atoms with Crippen LogP contribution in [0.5, 0.6) is 0 Å². The lowest BCUT2D eigenvalue weighted by molar-refractivity contribution is -0.146. The molecule has 0 fully saturated rings. The van der Waals surface area contributed by atoms with E-state index in [4.69, 9.17) is 9.47 Å². The molecule has 4 nitrogen and oxygen atoms in total. The minimum atomic E-state index is -0.335. The number of carbonyl (C=O) groups is 2. The minimum Gasteiger partial charge on any atom is -0.461 e.